The molecule has 0 saturated heterocycles. The molecular formula is C11H15BrN2O3. The molecule has 0 aromatic carbocycles. The molecule has 0 aliphatic rings. The molecule has 1 aromatic rings. The molecule has 5 nitrogen and oxygen atoms in total. The van der Waals surface area contributed by atoms with E-state index < -0.39 is 0 Å². The Morgan fingerprint density at radius 3 is 2.88 bits per heavy atom. The van der Waals surface area contributed by atoms with Crippen molar-refractivity contribution in [2.75, 3.05) is 13.2 Å². The summed E-state index contributed by atoms with van der Waals surface area (Å²) in [6.45, 7) is 2.61. The minimum absolute atomic E-state index is 0.181. The first kappa shape index (κ1) is 13.8. The van der Waals surface area contributed by atoms with Gasteiger partial charge in [0, 0.05) is 23.6 Å². The van der Waals surface area contributed by atoms with Crippen molar-refractivity contribution in [3.05, 3.63) is 22.4 Å². The maximum atomic E-state index is 11.5. The molecule has 0 bridgehead atoms. The highest BCUT2D eigenvalue weighted by Gasteiger charge is 2.07. The molecule has 0 spiro atoms. The Labute approximate surface area is 108 Å². The van der Waals surface area contributed by atoms with Crippen molar-refractivity contribution in [2.24, 2.45) is 0 Å². The Bertz CT molecular complexity index is 390. The predicted octanol–water partition coefficient (Wildman–Crippen LogP) is 1.85. The van der Waals surface area contributed by atoms with Crippen LogP contribution in [0.5, 0.6) is 0 Å². The molecule has 1 amide bonds. The van der Waals surface area contributed by atoms with E-state index >= 15 is 0 Å². The van der Waals surface area contributed by atoms with Gasteiger partial charge in [-0.15, -0.1) is 0 Å². The highest BCUT2D eigenvalue weighted by Crippen LogP contribution is 2.10. The number of carbonyl (C=O) groups is 2. The first-order valence-corrected chi connectivity index (χ1v) is 6.20. The number of hydrogen-bond acceptors (Lipinski definition) is 3. The van der Waals surface area contributed by atoms with Gasteiger partial charge in [0.1, 0.15) is 5.69 Å². The van der Waals surface area contributed by atoms with Gasteiger partial charge in [-0.2, -0.15) is 0 Å². The lowest BCUT2D eigenvalue weighted by molar-refractivity contribution is -0.143. The van der Waals surface area contributed by atoms with Crippen molar-refractivity contribution >= 4 is 27.8 Å². The molecule has 0 fully saturated rings. The van der Waals surface area contributed by atoms with Crippen LogP contribution in [-0.4, -0.2) is 30.0 Å². The van der Waals surface area contributed by atoms with Gasteiger partial charge in [-0.05, 0) is 35.3 Å². The molecule has 0 atom stereocenters. The van der Waals surface area contributed by atoms with Crippen LogP contribution in [0, 0.1) is 0 Å². The Hall–Kier alpha value is -1.30. The van der Waals surface area contributed by atoms with E-state index in [9.17, 15) is 9.59 Å². The van der Waals surface area contributed by atoms with Gasteiger partial charge in [0.15, 0.2) is 0 Å². The number of carbonyl (C=O) groups excluding carboxylic acids is 2. The van der Waals surface area contributed by atoms with Crippen LogP contribution in [0.1, 0.15) is 30.3 Å². The first-order chi connectivity index (χ1) is 8.13. The highest BCUT2D eigenvalue weighted by molar-refractivity contribution is 9.10. The Balaban J connectivity index is 2.19. The van der Waals surface area contributed by atoms with Crippen LogP contribution in [0.25, 0.3) is 0 Å². The molecule has 0 saturated carbocycles. The van der Waals surface area contributed by atoms with Crippen molar-refractivity contribution in [1.82, 2.24) is 10.3 Å². The van der Waals surface area contributed by atoms with Gasteiger partial charge >= 0.3 is 5.97 Å². The number of halogens is 1. The SMILES string of the molecule is CCOC(=O)CCCNC(=O)c1cc(Br)c[nH]1. The van der Waals surface area contributed by atoms with E-state index in [4.69, 9.17) is 4.74 Å². The van der Waals surface area contributed by atoms with E-state index in [0.29, 0.717) is 31.7 Å². The predicted molar refractivity (Wildman–Crippen MR) is 66.7 cm³/mol. The fraction of sp³-hybridized carbons (Fsp3) is 0.455. The van der Waals surface area contributed by atoms with Crippen LogP contribution in [0.3, 0.4) is 0 Å². The van der Waals surface area contributed by atoms with E-state index in [1.807, 2.05) is 0 Å². The number of H-pyrrole nitrogens is 1. The standard InChI is InChI=1S/C11H15BrN2O3/c1-2-17-10(15)4-3-5-13-11(16)9-6-8(12)7-14-9/h6-7,14H,2-5H2,1H3,(H,13,16). The molecule has 0 unspecified atom stereocenters. The zero-order valence-corrected chi connectivity index (χ0v) is 11.2. The smallest absolute Gasteiger partial charge is 0.305 e. The lowest BCUT2D eigenvalue weighted by Gasteiger charge is -2.03. The van der Waals surface area contributed by atoms with Gasteiger partial charge in [0.2, 0.25) is 0 Å². The van der Waals surface area contributed by atoms with Crippen LogP contribution in [0.15, 0.2) is 16.7 Å². The Kier molecular flexibility index (Phi) is 5.76. The normalized spacial score (nSPS) is 10.0. The average Bonchev–Trinajstić information content (AvgIpc) is 2.71. The number of aromatic amines is 1. The zero-order valence-electron chi connectivity index (χ0n) is 9.59. The van der Waals surface area contributed by atoms with Gasteiger partial charge in [-0.3, -0.25) is 9.59 Å². The summed E-state index contributed by atoms with van der Waals surface area (Å²) in [5.41, 5.74) is 0.494. The van der Waals surface area contributed by atoms with E-state index in [1.54, 1.807) is 19.2 Å². The third-order valence-corrected chi connectivity index (χ3v) is 2.50. The number of esters is 1. The van der Waals surface area contributed by atoms with E-state index in [0.717, 1.165) is 4.47 Å². The molecule has 94 valence electrons. The minimum Gasteiger partial charge on any atom is -0.466 e. The maximum absolute atomic E-state index is 11.5. The molecule has 2 N–H and O–H groups in total. The van der Waals surface area contributed by atoms with Gasteiger partial charge in [-0.1, -0.05) is 0 Å². The fourth-order valence-corrected chi connectivity index (χ4v) is 1.61. The van der Waals surface area contributed by atoms with Crippen molar-refractivity contribution in [1.29, 1.82) is 0 Å². The second-order valence-electron chi connectivity index (χ2n) is 3.40. The highest BCUT2D eigenvalue weighted by atomic mass is 79.9. The van der Waals surface area contributed by atoms with Crippen LogP contribution >= 0.6 is 15.9 Å². The molecule has 1 aromatic heterocycles. The molecule has 1 rings (SSSR count). The average molecular weight is 303 g/mol. The lowest BCUT2D eigenvalue weighted by Crippen LogP contribution is -2.25. The monoisotopic (exact) mass is 302 g/mol. The topological polar surface area (TPSA) is 71.2 Å². The Morgan fingerprint density at radius 1 is 1.53 bits per heavy atom. The largest absolute Gasteiger partial charge is 0.466 e. The molecule has 0 aliphatic carbocycles. The van der Waals surface area contributed by atoms with Gasteiger partial charge in [-0.25, -0.2) is 0 Å². The minimum atomic E-state index is -0.232. The second-order valence-corrected chi connectivity index (χ2v) is 4.31. The molecule has 17 heavy (non-hydrogen) atoms. The maximum Gasteiger partial charge on any atom is 0.305 e. The number of amides is 1. The molecule has 0 radical (unpaired) electrons. The summed E-state index contributed by atoms with van der Waals surface area (Å²) in [4.78, 5) is 25.4. The van der Waals surface area contributed by atoms with Gasteiger partial charge < -0.3 is 15.0 Å². The lowest BCUT2D eigenvalue weighted by atomic mass is 10.3. The van der Waals surface area contributed by atoms with Gasteiger partial charge in [0.25, 0.3) is 5.91 Å². The van der Waals surface area contributed by atoms with Crippen molar-refractivity contribution < 1.29 is 14.3 Å². The second kappa shape index (κ2) is 7.11. The molecule has 0 aliphatic heterocycles. The third kappa shape index (κ3) is 5.04. The number of ether oxygens (including phenoxy) is 1. The van der Waals surface area contributed by atoms with Crippen LogP contribution in [0.2, 0.25) is 0 Å². The quantitative estimate of drug-likeness (QED) is 0.622. The summed E-state index contributed by atoms with van der Waals surface area (Å²) < 4.78 is 5.60. The van der Waals surface area contributed by atoms with Crippen LogP contribution in [0.4, 0.5) is 0 Å². The van der Waals surface area contributed by atoms with Crippen molar-refractivity contribution in [3.8, 4) is 0 Å². The first-order valence-electron chi connectivity index (χ1n) is 5.41. The summed E-state index contributed by atoms with van der Waals surface area (Å²) in [5, 5.41) is 2.71. The van der Waals surface area contributed by atoms with Gasteiger partial charge in [0.05, 0.1) is 6.61 Å². The van der Waals surface area contributed by atoms with Crippen LogP contribution < -0.4 is 5.32 Å². The molecule has 6 heteroatoms. The van der Waals surface area contributed by atoms with E-state index in [-0.39, 0.29) is 11.9 Å². The number of nitrogens with one attached hydrogen (secondary N) is 2. The van der Waals surface area contributed by atoms with Crippen LogP contribution in [-0.2, 0) is 9.53 Å². The third-order valence-electron chi connectivity index (χ3n) is 2.04. The van der Waals surface area contributed by atoms with E-state index in [1.165, 1.54) is 0 Å². The summed E-state index contributed by atoms with van der Waals surface area (Å²) in [5.74, 6) is -0.413. The van der Waals surface area contributed by atoms with E-state index in [2.05, 4.69) is 26.2 Å². The zero-order chi connectivity index (χ0) is 12.7. The number of aromatic nitrogens is 1. The number of hydrogen-bond donors (Lipinski definition) is 2. The number of rotatable bonds is 6. The van der Waals surface area contributed by atoms with Crippen molar-refractivity contribution in [3.63, 3.8) is 0 Å². The summed E-state index contributed by atoms with van der Waals surface area (Å²) >= 11 is 3.25. The van der Waals surface area contributed by atoms with Crippen molar-refractivity contribution in [2.45, 2.75) is 19.8 Å². The summed E-state index contributed by atoms with van der Waals surface area (Å²) in [6, 6.07) is 1.70. The summed E-state index contributed by atoms with van der Waals surface area (Å²) in [6.07, 6.45) is 2.59. The fourth-order valence-electron chi connectivity index (χ4n) is 1.26. The molecule has 1 heterocycles. The summed E-state index contributed by atoms with van der Waals surface area (Å²) in [7, 11) is 0. The molecular weight excluding hydrogens is 288 g/mol. The Morgan fingerprint density at radius 2 is 2.29 bits per heavy atom.